The third-order valence-electron chi connectivity index (χ3n) is 8.98. The first-order valence-electron chi connectivity index (χ1n) is 16.6. The highest BCUT2D eigenvalue weighted by molar-refractivity contribution is 6.10. The quantitative estimate of drug-likeness (QED) is 0.169. The Labute approximate surface area is 289 Å². The van der Waals surface area contributed by atoms with Crippen LogP contribution in [0.5, 0.6) is 0 Å². The molecule has 0 amide bonds. The van der Waals surface area contributed by atoms with Gasteiger partial charge in [0.2, 0.25) is 0 Å². The molecular weight excluding hydrogens is 611 g/mol. The van der Waals surface area contributed by atoms with Crippen molar-refractivity contribution in [1.82, 2.24) is 24.9 Å². The van der Waals surface area contributed by atoms with E-state index in [0.29, 0.717) is 17.5 Å². The van der Waals surface area contributed by atoms with Crippen molar-refractivity contribution < 1.29 is 0 Å². The number of nitrogens with zero attached hydrogens (tertiary/aromatic N) is 5. The number of hydrogen-bond donors (Lipinski definition) is 0. The van der Waals surface area contributed by atoms with Gasteiger partial charge in [-0.15, -0.1) is 0 Å². The van der Waals surface area contributed by atoms with Gasteiger partial charge in [-0.25, -0.2) is 19.9 Å². The predicted molar refractivity (Wildman–Crippen MR) is 203 cm³/mol. The van der Waals surface area contributed by atoms with E-state index in [1.165, 1.54) is 5.39 Å². The summed E-state index contributed by atoms with van der Waals surface area (Å²) < 4.78 is 0. The first kappa shape index (κ1) is 29.3. The zero-order valence-corrected chi connectivity index (χ0v) is 27.0. The van der Waals surface area contributed by atoms with Crippen molar-refractivity contribution in [2.75, 3.05) is 0 Å². The smallest absolute Gasteiger partial charge is 0.164 e. The number of hydrogen-bond acceptors (Lipinski definition) is 5. The lowest BCUT2D eigenvalue weighted by molar-refractivity contribution is 1.07. The van der Waals surface area contributed by atoms with Gasteiger partial charge in [-0.05, 0) is 51.9 Å². The third-order valence-corrected chi connectivity index (χ3v) is 8.98. The second kappa shape index (κ2) is 12.6. The summed E-state index contributed by atoms with van der Waals surface area (Å²) in [5, 5.41) is 3.41. The minimum absolute atomic E-state index is 0.636. The second-order valence-electron chi connectivity index (χ2n) is 12.1. The number of benzene rings is 6. The SMILES string of the molecule is c1ccc(-c2nc(-c3ccccc3)nc(-c3ccc(-c4cccc(-c5ccnc(-c6nc7ccccc7c7ccccc67)c5)c4)cc3)n2)cc1. The number of aromatic nitrogens is 5. The van der Waals surface area contributed by atoms with Crippen molar-refractivity contribution in [3.63, 3.8) is 0 Å². The highest BCUT2D eigenvalue weighted by Gasteiger charge is 2.14. The molecule has 0 spiro atoms. The lowest BCUT2D eigenvalue weighted by Gasteiger charge is -2.11. The van der Waals surface area contributed by atoms with Gasteiger partial charge in [-0.3, -0.25) is 4.98 Å². The molecule has 0 saturated carbocycles. The van der Waals surface area contributed by atoms with Crippen LogP contribution < -0.4 is 0 Å². The van der Waals surface area contributed by atoms with Crippen molar-refractivity contribution in [1.29, 1.82) is 0 Å². The van der Waals surface area contributed by atoms with Crippen LogP contribution in [0.3, 0.4) is 0 Å². The topological polar surface area (TPSA) is 64.5 Å². The van der Waals surface area contributed by atoms with Crippen LogP contribution >= 0.6 is 0 Å². The number of rotatable bonds is 6. The molecule has 0 saturated heterocycles. The molecule has 50 heavy (non-hydrogen) atoms. The van der Waals surface area contributed by atoms with Crippen molar-refractivity contribution in [2.45, 2.75) is 0 Å². The Balaban J connectivity index is 1.06. The Bertz CT molecular complexity index is 2580. The van der Waals surface area contributed by atoms with E-state index < -0.39 is 0 Å². The molecule has 3 heterocycles. The molecule has 0 aliphatic carbocycles. The van der Waals surface area contributed by atoms with Crippen LogP contribution in [0, 0.1) is 0 Å². The summed E-state index contributed by atoms with van der Waals surface area (Å²) in [6.45, 7) is 0. The van der Waals surface area contributed by atoms with Crippen molar-refractivity contribution >= 4 is 21.7 Å². The zero-order chi connectivity index (χ0) is 33.3. The van der Waals surface area contributed by atoms with Gasteiger partial charge < -0.3 is 0 Å². The predicted octanol–water partition coefficient (Wildman–Crippen LogP) is 11.0. The number of para-hydroxylation sites is 1. The monoisotopic (exact) mass is 639 g/mol. The van der Waals surface area contributed by atoms with E-state index >= 15 is 0 Å². The van der Waals surface area contributed by atoms with Crippen LogP contribution in [-0.4, -0.2) is 24.9 Å². The van der Waals surface area contributed by atoms with Crippen LogP contribution in [0.4, 0.5) is 0 Å². The minimum atomic E-state index is 0.636. The molecule has 0 bridgehead atoms. The van der Waals surface area contributed by atoms with Gasteiger partial charge >= 0.3 is 0 Å². The van der Waals surface area contributed by atoms with Crippen LogP contribution in [0.25, 0.3) is 89.5 Å². The van der Waals surface area contributed by atoms with E-state index in [-0.39, 0.29) is 0 Å². The fourth-order valence-corrected chi connectivity index (χ4v) is 6.47. The summed E-state index contributed by atoms with van der Waals surface area (Å²) in [6, 6.07) is 58.0. The van der Waals surface area contributed by atoms with Gasteiger partial charge in [-0.1, -0.05) is 146 Å². The number of pyridine rings is 2. The molecular formula is C45H29N5. The Hall–Kier alpha value is -6.85. The molecule has 0 aliphatic heterocycles. The van der Waals surface area contributed by atoms with E-state index in [2.05, 4.69) is 103 Å². The standard InChI is InChI=1S/C45H29N5/c1-3-12-31(13-4-1)43-48-44(32-14-5-2-6-15-32)50-45(49-43)33-24-22-30(23-25-33)34-16-11-17-35(28-34)36-26-27-46-41(29-36)42-39-20-8-7-18-37(39)38-19-9-10-21-40(38)47-42/h1-29H. The first-order chi connectivity index (χ1) is 24.8. The maximum atomic E-state index is 5.08. The molecule has 9 aromatic rings. The molecule has 3 aromatic heterocycles. The maximum absolute atomic E-state index is 5.08. The molecule has 5 heteroatoms. The minimum Gasteiger partial charge on any atom is -0.255 e. The molecule has 0 radical (unpaired) electrons. The van der Waals surface area contributed by atoms with Crippen LogP contribution in [0.2, 0.25) is 0 Å². The highest BCUT2D eigenvalue weighted by Crippen LogP contribution is 2.34. The summed E-state index contributed by atoms with van der Waals surface area (Å²) in [7, 11) is 0. The van der Waals surface area contributed by atoms with E-state index in [4.69, 9.17) is 24.9 Å². The summed E-state index contributed by atoms with van der Waals surface area (Å²) in [5.41, 5.74) is 9.94. The van der Waals surface area contributed by atoms with E-state index in [0.717, 1.165) is 66.6 Å². The van der Waals surface area contributed by atoms with E-state index in [9.17, 15) is 0 Å². The van der Waals surface area contributed by atoms with E-state index in [1.807, 2.05) is 72.9 Å². The van der Waals surface area contributed by atoms with Crippen LogP contribution in [0.1, 0.15) is 0 Å². The van der Waals surface area contributed by atoms with Crippen molar-refractivity contribution in [3.8, 4) is 67.8 Å². The lowest BCUT2D eigenvalue weighted by atomic mass is 9.97. The van der Waals surface area contributed by atoms with Gasteiger partial charge in [0.15, 0.2) is 17.5 Å². The van der Waals surface area contributed by atoms with Crippen molar-refractivity contribution in [3.05, 3.63) is 176 Å². The zero-order valence-electron chi connectivity index (χ0n) is 27.0. The van der Waals surface area contributed by atoms with Crippen molar-refractivity contribution in [2.24, 2.45) is 0 Å². The van der Waals surface area contributed by atoms with Crippen LogP contribution in [0.15, 0.2) is 176 Å². The first-order valence-corrected chi connectivity index (χ1v) is 16.6. The maximum Gasteiger partial charge on any atom is 0.164 e. The van der Waals surface area contributed by atoms with Gasteiger partial charge in [-0.2, -0.15) is 0 Å². The number of fused-ring (bicyclic) bond motifs is 3. The lowest BCUT2D eigenvalue weighted by Crippen LogP contribution is -2.00. The Morgan fingerprint density at radius 1 is 0.300 bits per heavy atom. The van der Waals surface area contributed by atoms with Gasteiger partial charge in [0.1, 0.15) is 0 Å². The second-order valence-corrected chi connectivity index (χ2v) is 12.1. The Morgan fingerprint density at radius 2 is 0.780 bits per heavy atom. The normalized spacial score (nSPS) is 11.2. The Morgan fingerprint density at radius 3 is 1.44 bits per heavy atom. The molecule has 0 aliphatic rings. The molecule has 6 aromatic carbocycles. The summed E-state index contributed by atoms with van der Waals surface area (Å²) in [4.78, 5) is 24.5. The summed E-state index contributed by atoms with van der Waals surface area (Å²) in [6.07, 6.45) is 1.87. The molecule has 5 nitrogen and oxygen atoms in total. The molecule has 9 rings (SSSR count). The summed E-state index contributed by atoms with van der Waals surface area (Å²) in [5.74, 6) is 1.93. The average molecular weight is 640 g/mol. The molecule has 234 valence electrons. The average Bonchev–Trinajstić information content (AvgIpc) is 3.21. The van der Waals surface area contributed by atoms with E-state index in [1.54, 1.807) is 0 Å². The molecule has 0 N–H and O–H groups in total. The highest BCUT2D eigenvalue weighted by atomic mass is 15.0. The van der Waals surface area contributed by atoms with Gasteiger partial charge in [0.05, 0.1) is 16.9 Å². The molecule has 0 unspecified atom stereocenters. The van der Waals surface area contributed by atoms with Gasteiger partial charge in [0, 0.05) is 33.7 Å². The fourth-order valence-electron chi connectivity index (χ4n) is 6.47. The van der Waals surface area contributed by atoms with Gasteiger partial charge in [0.25, 0.3) is 0 Å². The summed E-state index contributed by atoms with van der Waals surface area (Å²) >= 11 is 0. The fraction of sp³-hybridized carbons (Fsp3) is 0. The van der Waals surface area contributed by atoms with Crippen LogP contribution in [-0.2, 0) is 0 Å². The Kier molecular flexibility index (Phi) is 7.41. The third kappa shape index (κ3) is 5.57. The molecule has 0 atom stereocenters. The largest absolute Gasteiger partial charge is 0.255 e. The molecule has 0 fully saturated rings.